The first-order valence-electron chi connectivity index (χ1n) is 9.08. The van der Waals surface area contributed by atoms with E-state index in [0.717, 1.165) is 15.8 Å². The summed E-state index contributed by atoms with van der Waals surface area (Å²) >= 11 is 15.6. The predicted molar refractivity (Wildman–Crippen MR) is 119 cm³/mol. The molecule has 0 spiro atoms. The summed E-state index contributed by atoms with van der Waals surface area (Å²) in [6.07, 6.45) is 0.695. The summed E-state index contributed by atoms with van der Waals surface area (Å²) in [5, 5.41) is 8.06. The third kappa shape index (κ3) is 5.75. The van der Waals surface area contributed by atoms with Gasteiger partial charge in [0.25, 0.3) is 5.91 Å². The molecule has 2 aromatic carbocycles. The Kier molecular flexibility index (Phi) is 7.58. The molecule has 1 heterocycles. The van der Waals surface area contributed by atoms with Gasteiger partial charge in [-0.2, -0.15) is 5.10 Å². The molecule has 8 heteroatoms. The maximum absolute atomic E-state index is 12.3. The van der Waals surface area contributed by atoms with Crippen molar-refractivity contribution in [3.8, 4) is 5.75 Å². The van der Waals surface area contributed by atoms with Crippen LogP contribution in [0.4, 0.5) is 0 Å². The maximum Gasteiger partial charge on any atom is 0.251 e. The van der Waals surface area contributed by atoms with Crippen molar-refractivity contribution in [3.63, 3.8) is 0 Å². The topological polar surface area (TPSA) is 56.2 Å². The average molecular weight is 497 g/mol. The second-order valence-electron chi connectivity index (χ2n) is 6.44. The predicted octanol–water partition coefficient (Wildman–Crippen LogP) is 5.66. The van der Waals surface area contributed by atoms with E-state index in [1.807, 2.05) is 36.4 Å². The van der Waals surface area contributed by atoms with Gasteiger partial charge in [0.2, 0.25) is 0 Å². The van der Waals surface area contributed by atoms with E-state index in [0.29, 0.717) is 47.6 Å². The van der Waals surface area contributed by atoms with Crippen LogP contribution < -0.4 is 10.1 Å². The van der Waals surface area contributed by atoms with Gasteiger partial charge in [0.1, 0.15) is 22.5 Å². The lowest BCUT2D eigenvalue weighted by molar-refractivity contribution is 0.0952. The number of aromatic nitrogens is 2. The van der Waals surface area contributed by atoms with Crippen LogP contribution >= 0.6 is 39.1 Å². The largest absolute Gasteiger partial charge is 0.488 e. The summed E-state index contributed by atoms with van der Waals surface area (Å²) in [5.41, 5.74) is 2.29. The molecule has 0 bridgehead atoms. The Bertz CT molecular complexity index is 990. The normalized spacial score (nSPS) is 10.8. The Hall–Kier alpha value is -2.02. The van der Waals surface area contributed by atoms with Crippen molar-refractivity contribution < 1.29 is 9.53 Å². The van der Waals surface area contributed by atoms with Crippen LogP contribution in [-0.2, 0) is 13.2 Å². The fourth-order valence-electron chi connectivity index (χ4n) is 2.69. The number of amides is 1. The lowest BCUT2D eigenvalue weighted by atomic mass is 10.1. The highest BCUT2D eigenvalue weighted by atomic mass is 79.9. The van der Waals surface area contributed by atoms with E-state index in [1.165, 1.54) is 0 Å². The van der Waals surface area contributed by atoms with E-state index >= 15 is 0 Å². The molecule has 0 aliphatic carbocycles. The molecule has 0 unspecified atom stereocenters. The number of nitrogens with zero attached hydrogens (tertiary/aromatic N) is 2. The van der Waals surface area contributed by atoms with Crippen molar-refractivity contribution in [2.75, 3.05) is 6.54 Å². The van der Waals surface area contributed by atoms with Crippen LogP contribution in [0.3, 0.4) is 0 Å². The van der Waals surface area contributed by atoms with E-state index < -0.39 is 0 Å². The van der Waals surface area contributed by atoms with E-state index in [9.17, 15) is 4.79 Å². The molecule has 1 amide bonds. The van der Waals surface area contributed by atoms with Crippen LogP contribution in [0.2, 0.25) is 10.2 Å². The van der Waals surface area contributed by atoms with Gasteiger partial charge in [-0.05, 0) is 59.1 Å². The number of hydrogen-bond acceptors (Lipinski definition) is 3. The van der Waals surface area contributed by atoms with Crippen molar-refractivity contribution in [3.05, 3.63) is 80.0 Å². The third-order valence-electron chi connectivity index (χ3n) is 4.28. The van der Waals surface area contributed by atoms with Gasteiger partial charge in [0, 0.05) is 18.7 Å². The zero-order valence-electron chi connectivity index (χ0n) is 15.8. The highest BCUT2D eigenvalue weighted by Gasteiger charge is 2.11. The number of carbonyl (C=O) groups excluding carboxylic acids is 1. The standard InChI is InChI=1S/C21H20BrCl2N3O2/c1-14-19(23)20(24)27(26-14)12-4-11-25-21(28)16-9-7-15(8-10-16)13-29-18-6-3-2-5-17(18)22/h2-3,5-10H,4,11-13H2,1H3,(H,25,28). The van der Waals surface area contributed by atoms with E-state index in [2.05, 4.69) is 26.3 Å². The van der Waals surface area contributed by atoms with Gasteiger partial charge < -0.3 is 10.1 Å². The molecule has 1 N–H and O–H groups in total. The minimum Gasteiger partial charge on any atom is -0.488 e. The van der Waals surface area contributed by atoms with Crippen molar-refractivity contribution in [1.82, 2.24) is 15.1 Å². The maximum atomic E-state index is 12.3. The molecular weight excluding hydrogens is 477 g/mol. The molecule has 3 aromatic rings. The molecule has 0 aliphatic heterocycles. The van der Waals surface area contributed by atoms with Gasteiger partial charge in [0.05, 0.1) is 10.2 Å². The van der Waals surface area contributed by atoms with Crippen LogP contribution in [0, 0.1) is 6.92 Å². The number of para-hydroxylation sites is 1. The van der Waals surface area contributed by atoms with Crippen LogP contribution in [0.1, 0.15) is 28.0 Å². The van der Waals surface area contributed by atoms with Crippen LogP contribution in [0.25, 0.3) is 0 Å². The van der Waals surface area contributed by atoms with Gasteiger partial charge in [-0.15, -0.1) is 0 Å². The zero-order chi connectivity index (χ0) is 20.8. The molecule has 29 heavy (non-hydrogen) atoms. The Balaban J connectivity index is 1.45. The van der Waals surface area contributed by atoms with Crippen molar-refractivity contribution in [2.45, 2.75) is 26.5 Å². The summed E-state index contributed by atoms with van der Waals surface area (Å²) in [6, 6.07) is 15.0. The number of carbonyl (C=O) groups is 1. The highest BCUT2D eigenvalue weighted by molar-refractivity contribution is 9.10. The summed E-state index contributed by atoms with van der Waals surface area (Å²) in [4.78, 5) is 12.3. The number of aryl methyl sites for hydroxylation is 2. The molecule has 0 fully saturated rings. The van der Waals surface area contributed by atoms with Crippen molar-refractivity contribution in [1.29, 1.82) is 0 Å². The van der Waals surface area contributed by atoms with E-state index in [1.54, 1.807) is 23.7 Å². The Morgan fingerprint density at radius 2 is 1.90 bits per heavy atom. The van der Waals surface area contributed by atoms with Crippen molar-refractivity contribution in [2.24, 2.45) is 0 Å². The Labute approximate surface area is 188 Å². The summed E-state index contributed by atoms with van der Waals surface area (Å²) in [7, 11) is 0. The summed E-state index contributed by atoms with van der Waals surface area (Å²) in [5.74, 6) is 0.659. The number of hydrogen-bond donors (Lipinski definition) is 1. The molecule has 0 atom stereocenters. The SMILES string of the molecule is Cc1nn(CCCNC(=O)c2ccc(COc3ccccc3Br)cc2)c(Cl)c1Cl. The molecule has 0 radical (unpaired) electrons. The third-order valence-corrected chi connectivity index (χ3v) is 5.86. The number of rotatable bonds is 8. The lowest BCUT2D eigenvalue weighted by Gasteiger charge is -2.09. The number of ether oxygens (including phenoxy) is 1. The molecule has 0 saturated carbocycles. The first kappa shape index (κ1) is 21.7. The second-order valence-corrected chi connectivity index (χ2v) is 8.03. The average Bonchev–Trinajstić information content (AvgIpc) is 2.97. The van der Waals surface area contributed by atoms with Crippen LogP contribution in [-0.4, -0.2) is 22.2 Å². The molecule has 152 valence electrons. The number of halogens is 3. The van der Waals surface area contributed by atoms with Gasteiger partial charge in [-0.3, -0.25) is 9.48 Å². The fraction of sp³-hybridized carbons (Fsp3) is 0.238. The number of benzene rings is 2. The monoisotopic (exact) mass is 495 g/mol. The van der Waals surface area contributed by atoms with Crippen molar-refractivity contribution >= 4 is 45.0 Å². The molecule has 3 rings (SSSR count). The smallest absolute Gasteiger partial charge is 0.251 e. The number of nitrogens with one attached hydrogen (secondary N) is 1. The minimum atomic E-state index is -0.121. The zero-order valence-corrected chi connectivity index (χ0v) is 18.9. The summed E-state index contributed by atoms with van der Waals surface area (Å²) < 4.78 is 8.34. The first-order chi connectivity index (χ1) is 14.0. The van der Waals surface area contributed by atoms with Gasteiger partial charge in [0.15, 0.2) is 0 Å². The Morgan fingerprint density at radius 1 is 1.17 bits per heavy atom. The Morgan fingerprint density at radius 3 is 2.55 bits per heavy atom. The van der Waals surface area contributed by atoms with E-state index in [-0.39, 0.29) is 5.91 Å². The fourth-order valence-corrected chi connectivity index (χ4v) is 3.48. The van der Waals surface area contributed by atoms with E-state index in [4.69, 9.17) is 27.9 Å². The van der Waals surface area contributed by atoms with Gasteiger partial charge in [-0.1, -0.05) is 47.5 Å². The molecule has 5 nitrogen and oxygen atoms in total. The highest BCUT2D eigenvalue weighted by Crippen LogP contribution is 2.25. The van der Waals surface area contributed by atoms with Crippen LogP contribution in [0.5, 0.6) is 5.75 Å². The van der Waals surface area contributed by atoms with Gasteiger partial charge in [-0.25, -0.2) is 0 Å². The molecule has 0 aliphatic rings. The lowest BCUT2D eigenvalue weighted by Crippen LogP contribution is -2.25. The minimum absolute atomic E-state index is 0.121. The second kappa shape index (κ2) is 10.1. The first-order valence-corrected chi connectivity index (χ1v) is 10.6. The molecule has 1 aromatic heterocycles. The van der Waals surface area contributed by atoms with Gasteiger partial charge >= 0.3 is 0 Å². The molecule has 0 saturated heterocycles. The van der Waals surface area contributed by atoms with Crippen LogP contribution in [0.15, 0.2) is 53.0 Å². The quantitative estimate of drug-likeness (QED) is 0.409. The molecular formula is C21H20BrCl2N3O2. The summed E-state index contributed by atoms with van der Waals surface area (Å²) in [6.45, 7) is 3.33.